The standard InChI is InChI=1S/C14H23N5O3.ClH/c1-10(2)5-7-18-9-11(19(21)22)8-12(18)14(20)17-6-3-4-13(15)16;/h8-10H,3-7H2,1-2H3,(H3,15,16)(H,17,20);1H. The van der Waals surface area contributed by atoms with E-state index < -0.39 is 4.92 Å². The topological polar surface area (TPSA) is 127 Å². The van der Waals surface area contributed by atoms with Crippen LogP contribution >= 0.6 is 12.4 Å². The Bertz CT molecular complexity index is 557. The number of nitro groups is 1. The average molecular weight is 346 g/mol. The molecule has 0 fully saturated rings. The summed E-state index contributed by atoms with van der Waals surface area (Å²) in [5, 5.41) is 20.7. The number of nitrogens with two attached hydrogens (primary N) is 1. The Morgan fingerprint density at radius 3 is 2.70 bits per heavy atom. The second-order valence-corrected chi connectivity index (χ2v) is 5.60. The van der Waals surface area contributed by atoms with E-state index in [0.717, 1.165) is 6.42 Å². The second-order valence-electron chi connectivity index (χ2n) is 5.60. The van der Waals surface area contributed by atoms with Crippen LogP contribution in [0.4, 0.5) is 5.69 Å². The van der Waals surface area contributed by atoms with Crippen molar-refractivity contribution in [2.24, 2.45) is 11.7 Å². The van der Waals surface area contributed by atoms with Gasteiger partial charge >= 0.3 is 0 Å². The number of nitrogens with zero attached hydrogens (tertiary/aromatic N) is 2. The number of aromatic nitrogens is 1. The highest BCUT2D eigenvalue weighted by Gasteiger charge is 2.19. The number of hydrogen-bond donors (Lipinski definition) is 3. The molecule has 0 unspecified atom stereocenters. The van der Waals surface area contributed by atoms with Gasteiger partial charge in [-0.25, -0.2) is 0 Å². The van der Waals surface area contributed by atoms with Crippen molar-refractivity contribution in [3.05, 3.63) is 28.1 Å². The van der Waals surface area contributed by atoms with E-state index in [0.29, 0.717) is 31.8 Å². The van der Waals surface area contributed by atoms with Crippen LogP contribution in [0.2, 0.25) is 0 Å². The van der Waals surface area contributed by atoms with Gasteiger partial charge in [0.1, 0.15) is 5.69 Å². The fraction of sp³-hybridized carbons (Fsp3) is 0.571. The Hall–Kier alpha value is -2.09. The van der Waals surface area contributed by atoms with E-state index in [1.807, 2.05) is 0 Å². The molecule has 0 bridgehead atoms. The van der Waals surface area contributed by atoms with Crippen LogP contribution in [0.1, 0.15) is 43.6 Å². The molecule has 1 rings (SSSR count). The number of aryl methyl sites for hydroxylation is 1. The van der Waals surface area contributed by atoms with Crippen LogP contribution in [0.25, 0.3) is 0 Å². The third-order valence-electron chi connectivity index (χ3n) is 3.18. The molecule has 8 nitrogen and oxygen atoms in total. The van der Waals surface area contributed by atoms with Gasteiger partial charge in [0.25, 0.3) is 11.6 Å². The number of amides is 1. The largest absolute Gasteiger partial charge is 0.388 e. The summed E-state index contributed by atoms with van der Waals surface area (Å²) in [6, 6.07) is 1.29. The van der Waals surface area contributed by atoms with Gasteiger partial charge in [-0.05, 0) is 18.8 Å². The molecule has 0 aromatic carbocycles. The normalized spacial score (nSPS) is 10.2. The number of rotatable bonds is 9. The van der Waals surface area contributed by atoms with Crippen LogP contribution in [-0.4, -0.2) is 27.8 Å². The number of amidine groups is 1. The molecular formula is C14H24ClN5O3. The van der Waals surface area contributed by atoms with E-state index in [1.165, 1.54) is 12.3 Å². The zero-order valence-electron chi connectivity index (χ0n) is 13.4. The highest BCUT2D eigenvalue weighted by molar-refractivity contribution is 5.93. The molecule has 0 aliphatic heterocycles. The van der Waals surface area contributed by atoms with Gasteiger partial charge < -0.3 is 15.6 Å². The summed E-state index contributed by atoms with van der Waals surface area (Å²) in [6.07, 6.45) is 3.20. The first-order valence-electron chi connectivity index (χ1n) is 7.27. The summed E-state index contributed by atoms with van der Waals surface area (Å²) in [5.41, 5.74) is 5.44. The lowest BCUT2D eigenvalue weighted by Gasteiger charge is -2.10. The first-order chi connectivity index (χ1) is 10.3. The lowest BCUT2D eigenvalue weighted by molar-refractivity contribution is -0.384. The molecule has 0 saturated heterocycles. The van der Waals surface area contributed by atoms with E-state index in [2.05, 4.69) is 19.2 Å². The van der Waals surface area contributed by atoms with Gasteiger partial charge in [-0.1, -0.05) is 13.8 Å². The maximum Gasteiger partial charge on any atom is 0.287 e. The fourth-order valence-electron chi connectivity index (χ4n) is 1.94. The van der Waals surface area contributed by atoms with Gasteiger partial charge in [-0.15, -0.1) is 12.4 Å². The third kappa shape index (κ3) is 7.14. The molecule has 9 heteroatoms. The zero-order chi connectivity index (χ0) is 16.7. The van der Waals surface area contributed by atoms with E-state index in [1.54, 1.807) is 4.57 Å². The minimum absolute atomic E-state index is 0. The summed E-state index contributed by atoms with van der Waals surface area (Å²) >= 11 is 0. The Kier molecular flexibility index (Phi) is 8.94. The highest BCUT2D eigenvalue weighted by atomic mass is 35.5. The highest BCUT2D eigenvalue weighted by Crippen LogP contribution is 2.18. The summed E-state index contributed by atoms with van der Waals surface area (Å²) in [7, 11) is 0. The van der Waals surface area contributed by atoms with Crippen molar-refractivity contribution in [3.8, 4) is 0 Å². The van der Waals surface area contributed by atoms with Crippen molar-refractivity contribution >= 4 is 29.8 Å². The molecule has 1 aromatic rings. The molecule has 0 aliphatic carbocycles. The molecule has 23 heavy (non-hydrogen) atoms. The van der Waals surface area contributed by atoms with E-state index in [-0.39, 0.29) is 35.5 Å². The fourth-order valence-corrected chi connectivity index (χ4v) is 1.94. The number of halogens is 1. The predicted molar refractivity (Wildman–Crippen MR) is 91.3 cm³/mol. The van der Waals surface area contributed by atoms with Crippen molar-refractivity contribution in [1.82, 2.24) is 9.88 Å². The number of nitrogens with one attached hydrogen (secondary N) is 2. The third-order valence-corrected chi connectivity index (χ3v) is 3.18. The van der Waals surface area contributed by atoms with E-state index in [4.69, 9.17) is 11.1 Å². The van der Waals surface area contributed by atoms with Gasteiger partial charge in [0, 0.05) is 25.6 Å². The Balaban J connectivity index is 0.00000484. The lowest BCUT2D eigenvalue weighted by Crippen LogP contribution is -2.27. The van der Waals surface area contributed by atoms with Gasteiger partial charge in [-0.3, -0.25) is 20.3 Å². The SMILES string of the molecule is CC(C)CCn1cc([N+](=O)[O-])cc1C(=O)NCCCC(=N)N.Cl. The molecule has 1 aromatic heterocycles. The zero-order valence-corrected chi connectivity index (χ0v) is 14.2. The van der Waals surface area contributed by atoms with Crippen molar-refractivity contribution in [2.45, 2.75) is 39.7 Å². The molecule has 0 radical (unpaired) electrons. The van der Waals surface area contributed by atoms with Crippen LogP contribution < -0.4 is 11.1 Å². The predicted octanol–water partition coefficient (Wildman–Crippen LogP) is 2.31. The Labute approximate surface area is 141 Å². The lowest BCUT2D eigenvalue weighted by atomic mass is 10.1. The van der Waals surface area contributed by atoms with E-state index >= 15 is 0 Å². The monoisotopic (exact) mass is 345 g/mol. The first-order valence-corrected chi connectivity index (χ1v) is 7.27. The quantitative estimate of drug-likeness (QED) is 0.208. The second kappa shape index (κ2) is 9.83. The maximum atomic E-state index is 12.2. The van der Waals surface area contributed by atoms with Gasteiger partial charge in [0.05, 0.1) is 17.0 Å². The minimum atomic E-state index is -0.502. The molecule has 0 aliphatic rings. The minimum Gasteiger partial charge on any atom is -0.388 e. The van der Waals surface area contributed by atoms with E-state index in [9.17, 15) is 14.9 Å². The van der Waals surface area contributed by atoms with Crippen molar-refractivity contribution < 1.29 is 9.72 Å². The molecule has 0 spiro atoms. The first kappa shape index (κ1) is 20.9. The molecule has 0 saturated carbocycles. The van der Waals surface area contributed by atoms with Crippen molar-refractivity contribution in [3.63, 3.8) is 0 Å². The average Bonchev–Trinajstić information content (AvgIpc) is 2.85. The van der Waals surface area contributed by atoms with Gasteiger partial charge in [0.15, 0.2) is 0 Å². The molecule has 1 amide bonds. The summed E-state index contributed by atoms with van der Waals surface area (Å²) in [4.78, 5) is 22.5. The molecule has 1 heterocycles. The van der Waals surface area contributed by atoms with Crippen LogP contribution in [0.5, 0.6) is 0 Å². The van der Waals surface area contributed by atoms with Crippen molar-refractivity contribution in [1.29, 1.82) is 5.41 Å². The summed E-state index contributed by atoms with van der Waals surface area (Å²) < 4.78 is 1.62. The van der Waals surface area contributed by atoms with Crippen LogP contribution in [0.3, 0.4) is 0 Å². The van der Waals surface area contributed by atoms with Crippen LogP contribution in [0, 0.1) is 21.4 Å². The Morgan fingerprint density at radius 1 is 1.52 bits per heavy atom. The molecule has 0 atom stereocenters. The van der Waals surface area contributed by atoms with Crippen molar-refractivity contribution in [2.75, 3.05) is 6.54 Å². The molecular weight excluding hydrogens is 322 g/mol. The summed E-state index contributed by atoms with van der Waals surface area (Å²) in [6.45, 7) is 5.04. The molecule has 4 N–H and O–H groups in total. The Morgan fingerprint density at radius 2 is 2.17 bits per heavy atom. The maximum absolute atomic E-state index is 12.2. The molecule has 130 valence electrons. The number of hydrogen-bond acceptors (Lipinski definition) is 4. The number of carbonyl (C=O) groups is 1. The summed E-state index contributed by atoms with van der Waals surface area (Å²) in [5.74, 6) is 0.165. The van der Waals surface area contributed by atoms with Gasteiger partial charge in [0.2, 0.25) is 0 Å². The van der Waals surface area contributed by atoms with Crippen LogP contribution in [0.15, 0.2) is 12.3 Å². The smallest absolute Gasteiger partial charge is 0.287 e. The van der Waals surface area contributed by atoms with Crippen LogP contribution in [-0.2, 0) is 6.54 Å². The number of carbonyl (C=O) groups excluding carboxylic acids is 1. The van der Waals surface area contributed by atoms with Gasteiger partial charge in [-0.2, -0.15) is 0 Å².